The Morgan fingerprint density at radius 3 is 2.24 bits per heavy atom. The van der Waals surface area contributed by atoms with E-state index < -0.39 is 5.91 Å². The zero-order valence-electron chi connectivity index (χ0n) is 17.7. The molecule has 2 aromatic rings. The third-order valence-corrected chi connectivity index (χ3v) is 5.38. The van der Waals surface area contributed by atoms with Crippen LogP contribution in [-0.2, 0) is 21.4 Å². The van der Waals surface area contributed by atoms with Crippen LogP contribution in [0.4, 0.5) is 0 Å². The van der Waals surface area contributed by atoms with Crippen molar-refractivity contribution in [3.63, 3.8) is 0 Å². The van der Waals surface area contributed by atoms with Crippen molar-refractivity contribution < 1.29 is 14.3 Å². The zero-order valence-corrected chi connectivity index (χ0v) is 17.7. The number of carbonyl (C=O) groups is 2. The van der Waals surface area contributed by atoms with E-state index in [2.05, 4.69) is 20.8 Å². The van der Waals surface area contributed by atoms with Crippen molar-refractivity contribution in [1.82, 2.24) is 4.90 Å². The van der Waals surface area contributed by atoms with E-state index in [-0.39, 0.29) is 24.3 Å². The molecule has 0 atom stereocenters. The number of rotatable bonds is 11. The summed E-state index contributed by atoms with van der Waals surface area (Å²) in [4.78, 5) is 25.5. The highest BCUT2D eigenvalue weighted by atomic mass is 16.5. The third kappa shape index (κ3) is 7.26. The minimum Gasteiger partial charge on any atom is -0.484 e. The van der Waals surface area contributed by atoms with E-state index >= 15 is 0 Å². The monoisotopic (exact) mass is 396 g/mol. The van der Waals surface area contributed by atoms with Crippen LogP contribution in [0.25, 0.3) is 0 Å². The van der Waals surface area contributed by atoms with Crippen molar-refractivity contribution in [2.45, 2.75) is 45.4 Å². The molecular weight excluding hydrogens is 364 g/mol. The van der Waals surface area contributed by atoms with E-state index in [0.717, 1.165) is 12.0 Å². The van der Waals surface area contributed by atoms with Gasteiger partial charge >= 0.3 is 0 Å². The molecule has 0 aliphatic carbocycles. The SMILES string of the molecule is CCC(C)(C)c1ccc(OCC(=O)N(CCC(N)=O)CCc2ccccc2)cc1. The second-order valence-corrected chi connectivity index (χ2v) is 7.88. The number of hydrogen-bond acceptors (Lipinski definition) is 3. The lowest BCUT2D eigenvalue weighted by molar-refractivity contribution is -0.133. The second kappa shape index (κ2) is 10.6. The number of hydrogen-bond donors (Lipinski definition) is 1. The minimum absolute atomic E-state index is 0.0654. The number of nitrogens with two attached hydrogens (primary N) is 1. The number of amides is 2. The van der Waals surface area contributed by atoms with Gasteiger partial charge in [-0.15, -0.1) is 0 Å². The predicted molar refractivity (Wildman–Crippen MR) is 116 cm³/mol. The van der Waals surface area contributed by atoms with Gasteiger partial charge in [-0.1, -0.05) is 63.2 Å². The lowest BCUT2D eigenvalue weighted by atomic mass is 9.82. The molecule has 29 heavy (non-hydrogen) atoms. The number of nitrogens with zero attached hydrogens (tertiary/aromatic N) is 1. The summed E-state index contributed by atoms with van der Waals surface area (Å²) >= 11 is 0. The molecular formula is C24H32N2O3. The van der Waals surface area contributed by atoms with Crippen molar-refractivity contribution in [2.24, 2.45) is 5.73 Å². The van der Waals surface area contributed by atoms with E-state index in [9.17, 15) is 9.59 Å². The summed E-state index contributed by atoms with van der Waals surface area (Å²) in [5.74, 6) is 0.0876. The lowest BCUT2D eigenvalue weighted by Crippen LogP contribution is -2.38. The van der Waals surface area contributed by atoms with Crippen molar-refractivity contribution in [3.8, 4) is 5.75 Å². The van der Waals surface area contributed by atoms with Gasteiger partial charge in [0, 0.05) is 19.5 Å². The quantitative estimate of drug-likeness (QED) is 0.629. The Morgan fingerprint density at radius 2 is 1.66 bits per heavy atom. The van der Waals surface area contributed by atoms with Gasteiger partial charge in [-0.3, -0.25) is 9.59 Å². The highest BCUT2D eigenvalue weighted by Crippen LogP contribution is 2.28. The fourth-order valence-electron chi connectivity index (χ4n) is 2.96. The molecule has 0 spiro atoms. The molecule has 5 nitrogen and oxygen atoms in total. The summed E-state index contributed by atoms with van der Waals surface area (Å²) in [7, 11) is 0. The lowest BCUT2D eigenvalue weighted by Gasteiger charge is -2.24. The van der Waals surface area contributed by atoms with Crippen LogP contribution in [-0.4, -0.2) is 36.4 Å². The molecule has 0 unspecified atom stereocenters. The fraction of sp³-hybridized carbons (Fsp3) is 0.417. The highest BCUT2D eigenvalue weighted by Gasteiger charge is 2.18. The fourth-order valence-corrected chi connectivity index (χ4v) is 2.96. The first-order chi connectivity index (χ1) is 13.8. The van der Waals surface area contributed by atoms with Gasteiger partial charge in [-0.2, -0.15) is 0 Å². The van der Waals surface area contributed by atoms with Gasteiger partial charge in [0.2, 0.25) is 5.91 Å². The third-order valence-electron chi connectivity index (χ3n) is 5.38. The van der Waals surface area contributed by atoms with Gasteiger partial charge in [0.05, 0.1) is 0 Å². The van der Waals surface area contributed by atoms with Crippen molar-refractivity contribution >= 4 is 11.8 Å². The van der Waals surface area contributed by atoms with Crippen LogP contribution < -0.4 is 10.5 Å². The summed E-state index contributed by atoms with van der Waals surface area (Å²) in [6, 6.07) is 17.8. The molecule has 0 aromatic heterocycles. The largest absolute Gasteiger partial charge is 0.484 e. The predicted octanol–water partition coefficient (Wildman–Crippen LogP) is 3.70. The standard InChI is InChI=1S/C24H32N2O3/c1-4-24(2,3)20-10-12-21(13-11-20)29-18-23(28)26(17-15-22(25)27)16-14-19-8-6-5-7-9-19/h5-13H,4,14-18H2,1-3H3,(H2,25,27). The number of ether oxygens (including phenoxy) is 1. The van der Waals surface area contributed by atoms with Gasteiger partial charge in [-0.05, 0) is 41.5 Å². The molecule has 5 heteroatoms. The van der Waals surface area contributed by atoms with E-state index in [1.54, 1.807) is 4.90 Å². The maximum absolute atomic E-state index is 12.7. The Bertz CT molecular complexity index is 786. The maximum Gasteiger partial charge on any atom is 0.260 e. The molecule has 2 aromatic carbocycles. The molecule has 0 radical (unpaired) electrons. The van der Waals surface area contributed by atoms with Gasteiger partial charge < -0.3 is 15.4 Å². The number of primary amides is 1. The molecule has 0 fully saturated rings. The van der Waals surface area contributed by atoms with E-state index in [4.69, 9.17) is 10.5 Å². The van der Waals surface area contributed by atoms with E-state index in [1.807, 2.05) is 54.6 Å². The number of benzene rings is 2. The Morgan fingerprint density at radius 1 is 1.00 bits per heavy atom. The topological polar surface area (TPSA) is 72.6 Å². The second-order valence-electron chi connectivity index (χ2n) is 7.88. The maximum atomic E-state index is 12.7. The Hall–Kier alpha value is -2.82. The van der Waals surface area contributed by atoms with Gasteiger partial charge in [0.15, 0.2) is 6.61 Å². The molecule has 2 N–H and O–H groups in total. The first kappa shape index (κ1) is 22.5. The summed E-state index contributed by atoms with van der Waals surface area (Å²) in [6.07, 6.45) is 1.90. The molecule has 0 bridgehead atoms. The Labute approximate surface area is 173 Å². The minimum atomic E-state index is -0.419. The molecule has 156 valence electrons. The van der Waals surface area contributed by atoms with Crippen LogP contribution in [0, 0.1) is 0 Å². The highest BCUT2D eigenvalue weighted by molar-refractivity contribution is 5.79. The van der Waals surface area contributed by atoms with E-state index in [1.165, 1.54) is 5.56 Å². The molecule has 2 amide bonds. The molecule has 0 aliphatic heterocycles. The van der Waals surface area contributed by atoms with Crippen LogP contribution in [0.3, 0.4) is 0 Å². The molecule has 2 rings (SSSR count). The van der Waals surface area contributed by atoms with Crippen molar-refractivity contribution in [1.29, 1.82) is 0 Å². The number of carbonyl (C=O) groups excluding carboxylic acids is 2. The summed E-state index contributed by atoms with van der Waals surface area (Å²) < 4.78 is 5.70. The molecule has 0 saturated carbocycles. The van der Waals surface area contributed by atoms with Crippen LogP contribution in [0.1, 0.15) is 44.7 Å². The van der Waals surface area contributed by atoms with Gasteiger partial charge in [-0.25, -0.2) is 0 Å². The van der Waals surface area contributed by atoms with Crippen LogP contribution in [0.2, 0.25) is 0 Å². The molecule has 0 aliphatic rings. The van der Waals surface area contributed by atoms with Crippen LogP contribution in [0.5, 0.6) is 5.75 Å². The Balaban J connectivity index is 1.94. The summed E-state index contributed by atoms with van der Waals surface area (Å²) in [6.45, 7) is 7.33. The van der Waals surface area contributed by atoms with Gasteiger partial charge in [0.25, 0.3) is 5.91 Å². The van der Waals surface area contributed by atoms with Crippen molar-refractivity contribution in [2.75, 3.05) is 19.7 Å². The molecule has 0 heterocycles. The smallest absolute Gasteiger partial charge is 0.260 e. The normalized spacial score (nSPS) is 11.1. The van der Waals surface area contributed by atoms with Gasteiger partial charge in [0.1, 0.15) is 5.75 Å². The Kier molecular flexibility index (Phi) is 8.25. The van der Waals surface area contributed by atoms with Crippen LogP contribution in [0.15, 0.2) is 54.6 Å². The van der Waals surface area contributed by atoms with E-state index in [0.29, 0.717) is 25.3 Å². The first-order valence-corrected chi connectivity index (χ1v) is 10.1. The summed E-state index contributed by atoms with van der Waals surface area (Å²) in [5, 5.41) is 0. The van der Waals surface area contributed by atoms with Crippen LogP contribution >= 0.6 is 0 Å². The average molecular weight is 397 g/mol. The van der Waals surface area contributed by atoms with Crippen molar-refractivity contribution in [3.05, 3.63) is 65.7 Å². The zero-order chi connectivity index (χ0) is 21.3. The first-order valence-electron chi connectivity index (χ1n) is 10.1. The average Bonchev–Trinajstić information content (AvgIpc) is 2.73. The summed E-state index contributed by atoms with van der Waals surface area (Å²) in [5.41, 5.74) is 7.75. The molecule has 0 saturated heterocycles.